The van der Waals surface area contributed by atoms with Crippen LogP contribution in [0.1, 0.15) is 29.8 Å². The molecule has 1 N–H and O–H groups in total. The number of carbonyl (C=O) groups excluding carboxylic acids is 1. The maximum atomic E-state index is 12.5. The molecule has 23 heavy (non-hydrogen) atoms. The Balaban J connectivity index is 2.30. The summed E-state index contributed by atoms with van der Waals surface area (Å²) in [5.74, 6) is 0.535. The Morgan fingerprint density at radius 2 is 1.91 bits per heavy atom. The number of ether oxygens (including phenoxy) is 1. The number of sulfonamides is 1. The number of Topliss-reactive ketones (excluding diaryl/α,β-unsaturated/α-hetero) is 1. The summed E-state index contributed by atoms with van der Waals surface area (Å²) in [6.45, 7) is 5.61. The third-order valence-corrected chi connectivity index (χ3v) is 4.66. The molecular weight excluding hydrogens is 314 g/mol. The molecule has 2 aromatic carbocycles. The van der Waals surface area contributed by atoms with Crippen molar-refractivity contribution >= 4 is 21.5 Å². The van der Waals surface area contributed by atoms with Crippen LogP contribution in [0.2, 0.25) is 0 Å². The van der Waals surface area contributed by atoms with Crippen LogP contribution < -0.4 is 9.46 Å². The van der Waals surface area contributed by atoms with E-state index in [9.17, 15) is 13.2 Å². The maximum absolute atomic E-state index is 12.5. The minimum Gasteiger partial charge on any atom is -0.494 e. The number of aryl methyl sites for hydroxylation is 1. The molecule has 0 radical (unpaired) electrons. The Hall–Kier alpha value is -2.34. The van der Waals surface area contributed by atoms with Gasteiger partial charge in [0.1, 0.15) is 5.75 Å². The highest BCUT2D eigenvalue weighted by atomic mass is 32.2. The molecule has 6 heteroatoms. The summed E-state index contributed by atoms with van der Waals surface area (Å²) in [5, 5.41) is 0. The lowest BCUT2D eigenvalue weighted by atomic mass is 10.1. The van der Waals surface area contributed by atoms with Crippen molar-refractivity contribution in [3.8, 4) is 5.75 Å². The van der Waals surface area contributed by atoms with Crippen molar-refractivity contribution in [1.29, 1.82) is 0 Å². The van der Waals surface area contributed by atoms with Crippen molar-refractivity contribution in [2.75, 3.05) is 11.3 Å². The Labute approximate surface area is 136 Å². The molecule has 0 unspecified atom stereocenters. The van der Waals surface area contributed by atoms with Gasteiger partial charge in [0, 0.05) is 11.3 Å². The Morgan fingerprint density at radius 3 is 2.52 bits per heavy atom. The topological polar surface area (TPSA) is 72.5 Å². The van der Waals surface area contributed by atoms with Crippen LogP contribution in [-0.2, 0) is 10.0 Å². The molecule has 0 aliphatic carbocycles. The highest BCUT2D eigenvalue weighted by Crippen LogP contribution is 2.24. The van der Waals surface area contributed by atoms with Crippen LogP contribution in [-0.4, -0.2) is 20.8 Å². The van der Waals surface area contributed by atoms with Gasteiger partial charge in [0.25, 0.3) is 10.0 Å². The van der Waals surface area contributed by atoms with Gasteiger partial charge in [-0.05, 0) is 56.7 Å². The minimum atomic E-state index is -3.73. The summed E-state index contributed by atoms with van der Waals surface area (Å²) < 4.78 is 32.8. The smallest absolute Gasteiger partial charge is 0.261 e. The zero-order valence-electron chi connectivity index (χ0n) is 13.3. The Morgan fingerprint density at radius 1 is 1.17 bits per heavy atom. The molecule has 0 aromatic heterocycles. The highest BCUT2D eigenvalue weighted by Gasteiger charge is 2.16. The standard InChI is InChI=1S/C17H19NO4S/c1-4-22-17-9-8-16(10-12(17)2)23(20,21)18-15-7-5-6-14(11-15)13(3)19/h5-11,18H,4H2,1-3H3. The van der Waals surface area contributed by atoms with E-state index in [1.807, 2.05) is 6.92 Å². The number of nitrogens with one attached hydrogen (secondary N) is 1. The number of anilines is 1. The average Bonchev–Trinajstić information content (AvgIpc) is 2.49. The largest absolute Gasteiger partial charge is 0.494 e. The molecule has 0 heterocycles. The molecule has 0 fully saturated rings. The molecule has 0 atom stereocenters. The fraction of sp³-hybridized carbons (Fsp3) is 0.235. The van der Waals surface area contributed by atoms with Crippen LogP contribution in [0.4, 0.5) is 5.69 Å². The lowest BCUT2D eigenvalue weighted by molar-refractivity contribution is 0.101. The van der Waals surface area contributed by atoms with Gasteiger partial charge in [-0.3, -0.25) is 9.52 Å². The lowest BCUT2D eigenvalue weighted by Gasteiger charge is -2.11. The van der Waals surface area contributed by atoms with E-state index in [2.05, 4.69) is 4.72 Å². The van der Waals surface area contributed by atoms with Crippen LogP contribution in [0.25, 0.3) is 0 Å². The highest BCUT2D eigenvalue weighted by molar-refractivity contribution is 7.92. The van der Waals surface area contributed by atoms with E-state index >= 15 is 0 Å². The Bertz CT molecular complexity index is 828. The van der Waals surface area contributed by atoms with Gasteiger partial charge >= 0.3 is 0 Å². The summed E-state index contributed by atoms with van der Waals surface area (Å²) >= 11 is 0. The van der Waals surface area contributed by atoms with Crippen molar-refractivity contribution in [2.24, 2.45) is 0 Å². The van der Waals surface area contributed by atoms with Gasteiger partial charge in [-0.15, -0.1) is 0 Å². The van der Waals surface area contributed by atoms with E-state index in [-0.39, 0.29) is 10.7 Å². The number of benzene rings is 2. The van der Waals surface area contributed by atoms with Gasteiger partial charge in [0.15, 0.2) is 5.78 Å². The van der Waals surface area contributed by atoms with Gasteiger partial charge < -0.3 is 4.74 Å². The monoisotopic (exact) mass is 333 g/mol. The molecule has 0 aliphatic heterocycles. The molecule has 0 saturated carbocycles. The van der Waals surface area contributed by atoms with Crippen molar-refractivity contribution < 1.29 is 17.9 Å². The summed E-state index contributed by atoms with van der Waals surface area (Å²) in [6, 6.07) is 11.1. The lowest BCUT2D eigenvalue weighted by Crippen LogP contribution is -2.13. The van der Waals surface area contributed by atoms with Crippen molar-refractivity contribution in [3.63, 3.8) is 0 Å². The number of hydrogen-bond acceptors (Lipinski definition) is 4. The van der Waals surface area contributed by atoms with Crippen LogP contribution in [0, 0.1) is 6.92 Å². The molecular formula is C17H19NO4S. The van der Waals surface area contributed by atoms with Crippen LogP contribution in [0.15, 0.2) is 47.4 Å². The average molecular weight is 333 g/mol. The number of carbonyl (C=O) groups is 1. The summed E-state index contributed by atoms with van der Waals surface area (Å²) in [7, 11) is -3.73. The van der Waals surface area contributed by atoms with E-state index in [0.29, 0.717) is 23.6 Å². The number of rotatable bonds is 6. The van der Waals surface area contributed by atoms with E-state index in [4.69, 9.17) is 4.74 Å². The van der Waals surface area contributed by atoms with Gasteiger partial charge in [0.05, 0.1) is 11.5 Å². The van der Waals surface area contributed by atoms with Crippen molar-refractivity contribution in [3.05, 3.63) is 53.6 Å². The van der Waals surface area contributed by atoms with Gasteiger partial charge in [-0.2, -0.15) is 0 Å². The first-order valence-electron chi connectivity index (χ1n) is 7.21. The maximum Gasteiger partial charge on any atom is 0.261 e. The summed E-state index contributed by atoms with van der Waals surface area (Å²) in [6.07, 6.45) is 0. The number of hydrogen-bond donors (Lipinski definition) is 1. The third kappa shape index (κ3) is 4.10. The quantitative estimate of drug-likeness (QED) is 0.822. The predicted octanol–water partition coefficient (Wildman–Crippen LogP) is 3.40. The first-order chi connectivity index (χ1) is 10.8. The zero-order chi connectivity index (χ0) is 17.0. The molecule has 2 rings (SSSR count). The second kappa shape index (κ2) is 6.83. The summed E-state index contributed by atoms with van der Waals surface area (Å²) in [4.78, 5) is 11.5. The van der Waals surface area contributed by atoms with Crippen molar-refractivity contribution in [1.82, 2.24) is 0 Å². The van der Waals surface area contributed by atoms with E-state index in [1.165, 1.54) is 19.1 Å². The predicted molar refractivity (Wildman–Crippen MR) is 89.6 cm³/mol. The zero-order valence-corrected chi connectivity index (χ0v) is 14.1. The Kier molecular flexibility index (Phi) is 5.05. The molecule has 0 aliphatic rings. The first kappa shape index (κ1) is 17.0. The molecule has 122 valence electrons. The fourth-order valence-electron chi connectivity index (χ4n) is 2.12. The molecule has 0 amide bonds. The number of ketones is 1. The van der Waals surface area contributed by atoms with Crippen LogP contribution in [0.5, 0.6) is 5.75 Å². The van der Waals surface area contributed by atoms with Gasteiger partial charge in [0.2, 0.25) is 0 Å². The molecule has 0 saturated heterocycles. The normalized spacial score (nSPS) is 11.1. The van der Waals surface area contributed by atoms with E-state index < -0.39 is 10.0 Å². The molecule has 2 aromatic rings. The van der Waals surface area contributed by atoms with Gasteiger partial charge in [-0.1, -0.05) is 12.1 Å². The second-order valence-corrected chi connectivity index (χ2v) is 6.79. The first-order valence-corrected chi connectivity index (χ1v) is 8.69. The summed E-state index contributed by atoms with van der Waals surface area (Å²) in [5.41, 5.74) is 1.55. The second-order valence-electron chi connectivity index (χ2n) is 5.10. The SMILES string of the molecule is CCOc1ccc(S(=O)(=O)Nc2cccc(C(C)=O)c2)cc1C. The van der Waals surface area contributed by atoms with Crippen LogP contribution in [0.3, 0.4) is 0 Å². The van der Waals surface area contributed by atoms with Crippen molar-refractivity contribution in [2.45, 2.75) is 25.7 Å². The van der Waals surface area contributed by atoms with E-state index in [1.54, 1.807) is 37.3 Å². The third-order valence-electron chi connectivity index (χ3n) is 3.28. The fourth-order valence-corrected chi connectivity index (χ4v) is 3.26. The van der Waals surface area contributed by atoms with Gasteiger partial charge in [-0.25, -0.2) is 8.42 Å². The minimum absolute atomic E-state index is 0.122. The molecule has 0 spiro atoms. The van der Waals surface area contributed by atoms with Crippen LogP contribution >= 0.6 is 0 Å². The molecule has 5 nitrogen and oxygen atoms in total. The van der Waals surface area contributed by atoms with E-state index in [0.717, 1.165) is 5.56 Å². The molecule has 0 bridgehead atoms.